The minimum atomic E-state index is -5.08. The minimum absolute atomic E-state index is 0.131. The Morgan fingerprint density at radius 3 is 2.39 bits per heavy atom. The molecule has 28 heavy (non-hydrogen) atoms. The maximum absolute atomic E-state index is 12.6. The van der Waals surface area contributed by atoms with Gasteiger partial charge in [0.25, 0.3) is 5.91 Å². The molecule has 1 saturated heterocycles. The molecular formula is C17H19BrF3N3O3S. The summed E-state index contributed by atoms with van der Waals surface area (Å²) in [7, 11) is 0. The number of nitrogens with zero attached hydrogens (tertiary/aromatic N) is 2. The number of likely N-dealkylation sites (tertiary alicyclic amines) is 1. The van der Waals surface area contributed by atoms with Crippen LogP contribution in [0.3, 0.4) is 0 Å². The average molecular weight is 482 g/mol. The van der Waals surface area contributed by atoms with Crippen LogP contribution in [0, 0.1) is 5.92 Å². The second-order valence-electron chi connectivity index (χ2n) is 6.44. The van der Waals surface area contributed by atoms with E-state index in [-0.39, 0.29) is 11.9 Å². The molecule has 1 amide bonds. The van der Waals surface area contributed by atoms with Gasteiger partial charge >= 0.3 is 12.1 Å². The lowest BCUT2D eigenvalue weighted by Gasteiger charge is -2.33. The number of hydrogen-bond acceptors (Lipinski definition) is 5. The van der Waals surface area contributed by atoms with Gasteiger partial charge in [-0.3, -0.25) is 9.78 Å². The van der Waals surface area contributed by atoms with Crippen molar-refractivity contribution in [3.8, 4) is 0 Å². The zero-order chi connectivity index (χ0) is 21.1. The maximum Gasteiger partial charge on any atom is 0.490 e. The first kappa shape index (κ1) is 22.6. The molecule has 2 aromatic rings. The van der Waals surface area contributed by atoms with Crippen LogP contribution in [0.4, 0.5) is 13.2 Å². The van der Waals surface area contributed by atoms with Crippen LogP contribution in [0.25, 0.3) is 10.1 Å². The zero-order valence-electron chi connectivity index (χ0n) is 14.9. The van der Waals surface area contributed by atoms with E-state index in [0.29, 0.717) is 5.92 Å². The van der Waals surface area contributed by atoms with Gasteiger partial charge in [-0.05, 0) is 47.7 Å². The first-order valence-electron chi connectivity index (χ1n) is 8.38. The Hall–Kier alpha value is -1.72. The van der Waals surface area contributed by atoms with E-state index in [1.807, 2.05) is 17.2 Å². The van der Waals surface area contributed by atoms with Crippen LogP contribution in [0.15, 0.2) is 22.9 Å². The van der Waals surface area contributed by atoms with Crippen molar-refractivity contribution in [3.05, 3.63) is 27.8 Å². The lowest BCUT2D eigenvalue weighted by molar-refractivity contribution is -0.192. The number of carboxylic acid groups (broad SMARTS) is 1. The van der Waals surface area contributed by atoms with Gasteiger partial charge in [-0.1, -0.05) is 0 Å². The second-order valence-corrected chi connectivity index (χ2v) is 8.37. The molecule has 3 heterocycles. The molecule has 0 bridgehead atoms. The summed E-state index contributed by atoms with van der Waals surface area (Å²) in [5.41, 5.74) is 5.95. The summed E-state index contributed by atoms with van der Waals surface area (Å²) in [6, 6.07) is 2.18. The Morgan fingerprint density at radius 1 is 1.36 bits per heavy atom. The molecule has 0 saturated carbocycles. The average Bonchev–Trinajstić information content (AvgIpc) is 3.06. The first-order chi connectivity index (χ1) is 13.0. The molecule has 0 unspecified atom stereocenters. The molecule has 154 valence electrons. The van der Waals surface area contributed by atoms with Crippen molar-refractivity contribution in [3.63, 3.8) is 0 Å². The fraction of sp³-hybridized carbons (Fsp3) is 0.471. The molecule has 3 rings (SSSR count). The number of thiophene rings is 1. The molecule has 1 fully saturated rings. The Bertz CT molecular complexity index is 849. The third-order valence-electron chi connectivity index (χ3n) is 4.42. The molecule has 2 aromatic heterocycles. The Labute approximate surface area is 171 Å². The molecular weight excluding hydrogens is 463 g/mol. The number of amides is 1. The van der Waals surface area contributed by atoms with E-state index in [1.165, 1.54) is 11.3 Å². The second kappa shape index (κ2) is 9.19. The third-order valence-corrected chi connectivity index (χ3v) is 6.11. The predicted molar refractivity (Wildman–Crippen MR) is 103 cm³/mol. The van der Waals surface area contributed by atoms with Crippen LogP contribution >= 0.6 is 27.3 Å². The smallest absolute Gasteiger partial charge is 0.475 e. The van der Waals surface area contributed by atoms with Crippen molar-refractivity contribution in [1.29, 1.82) is 0 Å². The summed E-state index contributed by atoms with van der Waals surface area (Å²) < 4.78 is 33.7. The summed E-state index contributed by atoms with van der Waals surface area (Å²) in [6.07, 6.45) is 0.487. The molecule has 1 atom stereocenters. The van der Waals surface area contributed by atoms with Crippen LogP contribution in [-0.2, 0) is 4.79 Å². The lowest BCUT2D eigenvalue weighted by Crippen LogP contribution is -2.42. The molecule has 0 aliphatic carbocycles. The largest absolute Gasteiger partial charge is 0.490 e. The number of pyridine rings is 1. The monoisotopic (exact) mass is 481 g/mol. The van der Waals surface area contributed by atoms with Gasteiger partial charge in [0.05, 0.1) is 9.58 Å². The van der Waals surface area contributed by atoms with Gasteiger partial charge in [0.1, 0.15) is 0 Å². The Balaban J connectivity index is 0.000000345. The number of aliphatic carboxylic acids is 1. The van der Waals surface area contributed by atoms with Gasteiger partial charge in [-0.15, -0.1) is 11.3 Å². The number of piperidine rings is 1. The van der Waals surface area contributed by atoms with Crippen LogP contribution in [-0.4, -0.2) is 52.2 Å². The number of hydrogen-bond donors (Lipinski definition) is 2. The number of halogens is 4. The number of carboxylic acids is 1. The van der Waals surface area contributed by atoms with Gasteiger partial charge in [-0.2, -0.15) is 13.2 Å². The summed E-state index contributed by atoms with van der Waals surface area (Å²) >= 11 is 5.00. The summed E-state index contributed by atoms with van der Waals surface area (Å²) in [5, 5.41) is 8.18. The standard InChI is InChI=1S/C15H18BrN3OS.C2HF3O2/c1-9(17)10-2-4-19(5-3-10)15(20)13-6-11-12(16)7-18-8-14(11)21-13;3-2(4,5)1(6)7/h6-10H,2-5,17H2,1H3;(H,6,7)/t9-;/m0./s1. The van der Waals surface area contributed by atoms with Crippen molar-refractivity contribution < 1.29 is 27.9 Å². The number of carbonyl (C=O) groups is 2. The molecule has 1 aliphatic rings. The number of nitrogens with two attached hydrogens (primary N) is 1. The number of aromatic nitrogens is 1. The van der Waals surface area contributed by atoms with Crippen molar-refractivity contribution in [1.82, 2.24) is 9.88 Å². The molecule has 6 nitrogen and oxygen atoms in total. The highest BCUT2D eigenvalue weighted by Crippen LogP contribution is 2.32. The van der Waals surface area contributed by atoms with Gasteiger partial charge in [0, 0.05) is 41.4 Å². The maximum atomic E-state index is 12.6. The molecule has 0 radical (unpaired) electrons. The number of rotatable bonds is 2. The van der Waals surface area contributed by atoms with Crippen LogP contribution in [0.2, 0.25) is 0 Å². The quantitative estimate of drug-likeness (QED) is 0.677. The highest BCUT2D eigenvalue weighted by atomic mass is 79.9. The van der Waals surface area contributed by atoms with E-state index in [2.05, 4.69) is 27.8 Å². The highest BCUT2D eigenvalue weighted by molar-refractivity contribution is 9.10. The Kier molecular flexibility index (Phi) is 7.40. The number of fused-ring (bicyclic) bond motifs is 1. The van der Waals surface area contributed by atoms with Gasteiger partial charge in [0.2, 0.25) is 0 Å². The fourth-order valence-electron chi connectivity index (χ4n) is 2.82. The normalized spacial score (nSPS) is 16.4. The van der Waals surface area contributed by atoms with E-state index in [4.69, 9.17) is 15.6 Å². The van der Waals surface area contributed by atoms with Gasteiger partial charge in [0.15, 0.2) is 0 Å². The Morgan fingerprint density at radius 2 is 1.93 bits per heavy atom. The molecule has 0 spiro atoms. The molecule has 3 N–H and O–H groups in total. The number of carbonyl (C=O) groups excluding carboxylic acids is 1. The van der Waals surface area contributed by atoms with E-state index < -0.39 is 12.1 Å². The zero-order valence-corrected chi connectivity index (χ0v) is 17.3. The van der Waals surface area contributed by atoms with Crippen LogP contribution < -0.4 is 5.73 Å². The summed E-state index contributed by atoms with van der Waals surface area (Å²) in [5.74, 6) is -2.09. The van der Waals surface area contributed by atoms with E-state index in [1.54, 1.807) is 6.20 Å². The lowest BCUT2D eigenvalue weighted by atomic mass is 9.91. The molecule has 1 aliphatic heterocycles. The van der Waals surface area contributed by atoms with Crippen LogP contribution in [0.5, 0.6) is 0 Å². The molecule has 0 aromatic carbocycles. The van der Waals surface area contributed by atoms with Crippen LogP contribution in [0.1, 0.15) is 29.4 Å². The SMILES string of the molecule is C[C@H](N)C1CCN(C(=O)c2cc3c(Br)cncc3s2)CC1.O=C(O)C(F)(F)F. The van der Waals surface area contributed by atoms with Gasteiger partial charge < -0.3 is 15.7 Å². The predicted octanol–water partition coefficient (Wildman–Crippen LogP) is 3.89. The van der Waals surface area contributed by atoms with Crippen molar-refractivity contribution in [2.75, 3.05) is 13.1 Å². The fourth-order valence-corrected chi connectivity index (χ4v) is 4.42. The summed E-state index contributed by atoms with van der Waals surface area (Å²) in [4.78, 5) is 28.4. The van der Waals surface area contributed by atoms with Crippen molar-refractivity contribution in [2.24, 2.45) is 11.7 Å². The summed E-state index contributed by atoms with van der Waals surface area (Å²) in [6.45, 7) is 3.66. The molecule has 11 heteroatoms. The highest BCUT2D eigenvalue weighted by Gasteiger charge is 2.38. The third kappa shape index (κ3) is 5.65. The van der Waals surface area contributed by atoms with Crippen molar-refractivity contribution in [2.45, 2.75) is 32.0 Å². The van der Waals surface area contributed by atoms with Crippen molar-refractivity contribution >= 4 is 49.2 Å². The minimum Gasteiger partial charge on any atom is -0.475 e. The van der Waals surface area contributed by atoms with E-state index >= 15 is 0 Å². The number of alkyl halides is 3. The van der Waals surface area contributed by atoms with Gasteiger partial charge in [-0.25, -0.2) is 4.79 Å². The first-order valence-corrected chi connectivity index (χ1v) is 9.99. The topological polar surface area (TPSA) is 96.5 Å². The van der Waals surface area contributed by atoms with E-state index in [0.717, 1.165) is 45.4 Å². The van der Waals surface area contributed by atoms with E-state index in [9.17, 15) is 18.0 Å².